The Morgan fingerprint density at radius 1 is 0.962 bits per heavy atom. The second-order valence-corrected chi connectivity index (χ2v) is 7.66. The van der Waals surface area contributed by atoms with Crippen LogP contribution in [0.3, 0.4) is 0 Å². The van der Waals surface area contributed by atoms with Gasteiger partial charge in [-0.3, -0.25) is 4.79 Å². The molecule has 0 aliphatic heterocycles. The lowest BCUT2D eigenvalue weighted by atomic mass is 10.2. The van der Waals surface area contributed by atoms with Crippen LogP contribution in [0.15, 0.2) is 63.9 Å². The highest BCUT2D eigenvalue weighted by Gasteiger charge is 2.16. The Morgan fingerprint density at radius 2 is 1.58 bits per heavy atom. The van der Waals surface area contributed by atoms with Gasteiger partial charge in [0.05, 0.1) is 20.5 Å². The van der Waals surface area contributed by atoms with E-state index in [1.165, 1.54) is 30.3 Å². The van der Waals surface area contributed by atoms with Gasteiger partial charge < -0.3 is 9.73 Å². The summed E-state index contributed by atoms with van der Waals surface area (Å²) in [6.45, 7) is 0. The van der Waals surface area contributed by atoms with Crippen molar-refractivity contribution in [3.8, 4) is 11.3 Å². The summed E-state index contributed by atoms with van der Waals surface area (Å²) in [5.74, 6) is -0.107. The maximum atomic E-state index is 12.3. The van der Waals surface area contributed by atoms with Gasteiger partial charge in [0, 0.05) is 5.69 Å². The topological polar surface area (TPSA) is 102 Å². The average Bonchev–Trinajstić information content (AvgIpc) is 3.04. The summed E-state index contributed by atoms with van der Waals surface area (Å²) in [4.78, 5) is 12.2. The number of halogens is 2. The monoisotopic (exact) mass is 410 g/mol. The van der Waals surface area contributed by atoms with Gasteiger partial charge in [-0.2, -0.15) is 0 Å². The maximum Gasteiger partial charge on any atom is 0.291 e. The zero-order valence-corrected chi connectivity index (χ0v) is 15.4. The molecule has 1 amide bonds. The number of hydrogen-bond acceptors (Lipinski definition) is 4. The first-order valence-electron chi connectivity index (χ1n) is 7.24. The van der Waals surface area contributed by atoms with E-state index in [0.717, 1.165) is 0 Å². The zero-order valence-electron chi connectivity index (χ0n) is 13.1. The summed E-state index contributed by atoms with van der Waals surface area (Å²) in [6.07, 6.45) is 0. The lowest BCUT2D eigenvalue weighted by molar-refractivity contribution is 0.0997. The highest BCUT2D eigenvalue weighted by Crippen LogP contribution is 2.35. The Labute approximate surface area is 159 Å². The Kier molecular flexibility index (Phi) is 5.06. The van der Waals surface area contributed by atoms with Crippen molar-refractivity contribution in [1.29, 1.82) is 0 Å². The van der Waals surface area contributed by atoms with Gasteiger partial charge >= 0.3 is 0 Å². The Hall–Kier alpha value is -2.32. The summed E-state index contributed by atoms with van der Waals surface area (Å²) in [5.41, 5.74) is 0.878. The molecule has 0 saturated carbocycles. The van der Waals surface area contributed by atoms with Gasteiger partial charge in [-0.1, -0.05) is 29.3 Å². The number of anilines is 1. The molecule has 0 spiro atoms. The quantitative estimate of drug-likeness (QED) is 0.673. The van der Waals surface area contributed by atoms with Crippen molar-refractivity contribution < 1.29 is 17.6 Å². The molecule has 0 aliphatic rings. The van der Waals surface area contributed by atoms with E-state index >= 15 is 0 Å². The van der Waals surface area contributed by atoms with Gasteiger partial charge in [0.1, 0.15) is 5.76 Å². The minimum absolute atomic E-state index is 0.0477. The van der Waals surface area contributed by atoms with E-state index in [4.69, 9.17) is 32.8 Å². The number of nitrogens with two attached hydrogens (primary N) is 1. The molecule has 0 aliphatic carbocycles. The Morgan fingerprint density at radius 3 is 2.15 bits per heavy atom. The number of rotatable bonds is 4. The first-order valence-corrected chi connectivity index (χ1v) is 9.54. The molecule has 1 aromatic heterocycles. The van der Waals surface area contributed by atoms with Crippen molar-refractivity contribution in [2.45, 2.75) is 4.90 Å². The minimum Gasteiger partial charge on any atom is -0.451 e. The van der Waals surface area contributed by atoms with Crippen molar-refractivity contribution in [1.82, 2.24) is 0 Å². The molecule has 26 heavy (non-hydrogen) atoms. The molecule has 134 valence electrons. The number of sulfonamides is 1. The van der Waals surface area contributed by atoms with Gasteiger partial charge in [0.2, 0.25) is 10.0 Å². The molecular formula is C17H12Cl2N2O4S. The van der Waals surface area contributed by atoms with E-state index in [1.54, 1.807) is 24.3 Å². The van der Waals surface area contributed by atoms with Gasteiger partial charge in [0.15, 0.2) is 5.76 Å². The van der Waals surface area contributed by atoms with Crippen molar-refractivity contribution >= 4 is 44.8 Å². The fourth-order valence-electron chi connectivity index (χ4n) is 2.25. The molecule has 3 aromatic rings. The summed E-state index contributed by atoms with van der Waals surface area (Å²) >= 11 is 12.3. The van der Waals surface area contributed by atoms with Crippen LogP contribution in [0.5, 0.6) is 0 Å². The number of benzene rings is 2. The molecule has 0 fully saturated rings. The van der Waals surface area contributed by atoms with Crippen molar-refractivity contribution in [2.24, 2.45) is 5.14 Å². The number of nitrogens with one attached hydrogen (secondary N) is 1. The van der Waals surface area contributed by atoms with Crippen LogP contribution < -0.4 is 10.5 Å². The van der Waals surface area contributed by atoms with E-state index in [0.29, 0.717) is 27.1 Å². The summed E-state index contributed by atoms with van der Waals surface area (Å²) in [5, 5.41) is 8.43. The van der Waals surface area contributed by atoms with Crippen LogP contribution in [0.25, 0.3) is 11.3 Å². The van der Waals surface area contributed by atoms with Crippen LogP contribution >= 0.6 is 23.2 Å². The third-order valence-electron chi connectivity index (χ3n) is 3.48. The minimum atomic E-state index is -3.79. The molecule has 0 radical (unpaired) electrons. The van der Waals surface area contributed by atoms with Crippen LogP contribution in [-0.4, -0.2) is 14.3 Å². The Balaban J connectivity index is 1.81. The number of carbonyl (C=O) groups excluding carboxylic acids is 1. The molecule has 9 heteroatoms. The molecule has 0 atom stereocenters. The second kappa shape index (κ2) is 7.13. The standard InChI is InChI=1S/C17H12Cl2N2O4S/c18-12-2-1-3-13(19)16(12)14-8-9-15(25-14)17(22)21-10-4-6-11(7-5-10)26(20,23)24/h1-9H,(H,21,22)(H2,20,23,24). The van der Waals surface area contributed by atoms with E-state index < -0.39 is 15.9 Å². The van der Waals surface area contributed by atoms with E-state index in [-0.39, 0.29) is 10.7 Å². The van der Waals surface area contributed by atoms with Gasteiger partial charge in [-0.05, 0) is 48.5 Å². The molecule has 3 rings (SSSR count). The molecule has 0 bridgehead atoms. The third-order valence-corrected chi connectivity index (χ3v) is 5.04. The van der Waals surface area contributed by atoms with E-state index in [9.17, 15) is 13.2 Å². The van der Waals surface area contributed by atoms with Crippen LogP contribution in [-0.2, 0) is 10.0 Å². The van der Waals surface area contributed by atoms with Crippen LogP contribution in [0.1, 0.15) is 10.6 Å². The largest absolute Gasteiger partial charge is 0.451 e. The summed E-state index contributed by atoms with van der Waals surface area (Å²) in [6, 6.07) is 13.5. The van der Waals surface area contributed by atoms with E-state index in [1.807, 2.05) is 0 Å². The zero-order chi connectivity index (χ0) is 18.9. The molecule has 1 heterocycles. The second-order valence-electron chi connectivity index (χ2n) is 5.28. The molecule has 3 N–H and O–H groups in total. The molecule has 0 unspecified atom stereocenters. The fraction of sp³-hybridized carbons (Fsp3) is 0. The van der Waals surface area contributed by atoms with Crippen LogP contribution in [0.2, 0.25) is 10.0 Å². The predicted molar refractivity (Wildman–Crippen MR) is 99.9 cm³/mol. The van der Waals surface area contributed by atoms with Crippen LogP contribution in [0.4, 0.5) is 5.69 Å². The van der Waals surface area contributed by atoms with Crippen molar-refractivity contribution in [2.75, 3.05) is 5.32 Å². The van der Waals surface area contributed by atoms with Crippen LogP contribution in [0, 0.1) is 0 Å². The molecular weight excluding hydrogens is 399 g/mol. The first-order chi connectivity index (χ1) is 12.3. The summed E-state index contributed by atoms with van der Waals surface area (Å²) < 4.78 is 28.0. The van der Waals surface area contributed by atoms with Gasteiger partial charge in [-0.25, -0.2) is 13.6 Å². The first kappa shape index (κ1) is 18.5. The lowest BCUT2D eigenvalue weighted by Gasteiger charge is -2.05. The normalized spacial score (nSPS) is 11.3. The number of hydrogen-bond donors (Lipinski definition) is 2. The maximum absolute atomic E-state index is 12.3. The summed E-state index contributed by atoms with van der Waals surface area (Å²) in [7, 11) is -3.79. The predicted octanol–water partition coefficient (Wildman–Crippen LogP) is 4.15. The number of amides is 1. The number of carbonyl (C=O) groups is 1. The van der Waals surface area contributed by atoms with Crippen molar-refractivity contribution in [3.05, 3.63) is 70.4 Å². The third kappa shape index (κ3) is 3.91. The van der Waals surface area contributed by atoms with Gasteiger partial charge in [-0.15, -0.1) is 0 Å². The SMILES string of the molecule is NS(=O)(=O)c1ccc(NC(=O)c2ccc(-c3c(Cl)cccc3Cl)o2)cc1. The average molecular weight is 411 g/mol. The number of primary sulfonamides is 1. The lowest BCUT2D eigenvalue weighted by Crippen LogP contribution is -2.13. The van der Waals surface area contributed by atoms with Crippen molar-refractivity contribution in [3.63, 3.8) is 0 Å². The molecule has 0 saturated heterocycles. The highest BCUT2D eigenvalue weighted by molar-refractivity contribution is 7.89. The van der Waals surface area contributed by atoms with E-state index in [2.05, 4.69) is 5.32 Å². The highest BCUT2D eigenvalue weighted by atomic mass is 35.5. The number of furan rings is 1. The molecule has 2 aromatic carbocycles. The molecule has 6 nitrogen and oxygen atoms in total. The Bertz CT molecular complexity index is 1060. The fourth-order valence-corrected chi connectivity index (χ4v) is 3.35. The smallest absolute Gasteiger partial charge is 0.291 e. The van der Waals surface area contributed by atoms with Gasteiger partial charge in [0.25, 0.3) is 5.91 Å².